The lowest BCUT2D eigenvalue weighted by molar-refractivity contribution is -0.135. The van der Waals surface area contributed by atoms with Crippen LogP contribution in [0.3, 0.4) is 0 Å². The number of pyridine rings is 1. The number of anilines is 3. The second-order valence-corrected chi connectivity index (χ2v) is 17.4. The fourth-order valence-electron chi connectivity index (χ4n) is 9.77. The van der Waals surface area contributed by atoms with Crippen molar-refractivity contribution in [3.8, 4) is 0 Å². The molecule has 14 heteroatoms. The highest BCUT2D eigenvalue weighted by atomic mass is 32.1. The van der Waals surface area contributed by atoms with Crippen LogP contribution in [0.1, 0.15) is 54.7 Å². The van der Waals surface area contributed by atoms with E-state index in [4.69, 9.17) is 4.98 Å². The van der Waals surface area contributed by atoms with E-state index in [1.54, 1.807) is 27.5 Å². The Kier molecular flexibility index (Phi) is 7.81. The van der Waals surface area contributed by atoms with E-state index >= 15 is 0 Å². The summed E-state index contributed by atoms with van der Waals surface area (Å²) in [5.74, 6) is 0.999. The lowest BCUT2D eigenvalue weighted by Crippen LogP contribution is -2.57. The van der Waals surface area contributed by atoms with Crippen LogP contribution in [-0.2, 0) is 16.6 Å². The quantitative estimate of drug-likeness (QED) is 0.228. The molecule has 4 saturated heterocycles. The molecule has 0 aliphatic carbocycles. The average Bonchev–Trinajstić information content (AvgIpc) is 3.80. The number of rotatable bonds is 5. The molecule has 0 radical (unpaired) electrons. The van der Waals surface area contributed by atoms with Gasteiger partial charge in [0.2, 0.25) is 11.8 Å². The topological polar surface area (TPSA) is 137 Å². The highest BCUT2D eigenvalue weighted by molar-refractivity contribution is 7.21. The number of aryl methyl sites for hydroxylation is 1. The number of hydrogen-bond donors (Lipinski definition) is 3. The normalized spacial score (nSPS) is 23.5. The molecular weight excluding hydrogens is 703 g/mol. The Balaban J connectivity index is 0.759. The van der Waals surface area contributed by atoms with Gasteiger partial charge in [-0.1, -0.05) is 0 Å². The van der Waals surface area contributed by atoms with Crippen molar-refractivity contribution in [2.75, 3.05) is 67.5 Å². The number of thiophene rings is 1. The molecule has 10 rings (SSSR count). The molecule has 1 unspecified atom stereocenters. The first-order chi connectivity index (χ1) is 26.1. The number of imidazole rings is 1. The summed E-state index contributed by atoms with van der Waals surface area (Å²) in [5, 5.41) is 11.2. The van der Waals surface area contributed by atoms with E-state index in [1.165, 1.54) is 6.42 Å². The summed E-state index contributed by atoms with van der Waals surface area (Å²) < 4.78 is 4.27. The van der Waals surface area contributed by atoms with Gasteiger partial charge in [-0.3, -0.25) is 28.8 Å². The summed E-state index contributed by atoms with van der Waals surface area (Å²) in [4.78, 5) is 63.8. The second-order valence-electron chi connectivity index (χ2n) is 16.4. The number of likely N-dealkylation sites (tertiary alicyclic amines) is 1. The molecule has 5 aromatic rings. The van der Waals surface area contributed by atoms with Crippen LogP contribution in [0, 0.1) is 11.3 Å². The fourth-order valence-corrected chi connectivity index (χ4v) is 10.9. The minimum Gasteiger partial charge on any atom is -0.381 e. The molecule has 13 nitrogen and oxygen atoms in total. The van der Waals surface area contributed by atoms with E-state index in [0.717, 1.165) is 113 Å². The molecule has 2 aromatic carbocycles. The van der Waals surface area contributed by atoms with Crippen molar-refractivity contribution in [2.45, 2.75) is 51.1 Å². The number of piperidine rings is 2. The van der Waals surface area contributed by atoms with Crippen LogP contribution in [-0.4, -0.2) is 95.1 Å². The van der Waals surface area contributed by atoms with Gasteiger partial charge < -0.3 is 25.3 Å². The number of benzene rings is 2. The summed E-state index contributed by atoms with van der Waals surface area (Å²) in [7, 11) is 1.75. The molecule has 2 atom stereocenters. The summed E-state index contributed by atoms with van der Waals surface area (Å²) in [5.41, 5.74) is 4.60. The number of carbonyl (C=O) groups excluding carboxylic acids is 3. The molecule has 4 fully saturated rings. The Morgan fingerprint density at radius 3 is 2.57 bits per heavy atom. The maximum atomic E-state index is 13.2. The number of hydrogen-bond acceptors (Lipinski definition) is 10. The van der Waals surface area contributed by atoms with Crippen LogP contribution < -0.4 is 31.4 Å². The summed E-state index contributed by atoms with van der Waals surface area (Å²) in [6.45, 7) is 10.1. The number of amides is 3. The Labute approximate surface area is 316 Å². The molecular formula is C40H45N9O4S. The summed E-state index contributed by atoms with van der Waals surface area (Å²) >= 11 is 1.55. The molecule has 54 heavy (non-hydrogen) atoms. The van der Waals surface area contributed by atoms with Gasteiger partial charge in [0.05, 0.1) is 22.2 Å². The molecule has 5 aliphatic heterocycles. The van der Waals surface area contributed by atoms with Crippen molar-refractivity contribution in [1.82, 2.24) is 29.7 Å². The third kappa shape index (κ3) is 5.47. The van der Waals surface area contributed by atoms with Gasteiger partial charge in [-0.15, -0.1) is 11.3 Å². The largest absolute Gasteiger partial charge is 0.381 e. The Bertz CT molecular complexity index is 2440. The van der Waals surface area contributed by atoms with E-state index < -0.39 is 11.9 Å². The van der Waals surface area contributed by atoms with Crippen LogP contribution >= 0.6 is 11.3 Å². The van der Waals surface area contributed by atoms with Gasteiger partial charge in [0.15, 0.2) is 0 Å². The van der Waals surface area contributed by atoms with Crippen LogP contribution in [0.15, 0.2) is 47.3 Å². The smallest absolute Gasteiger partial charge is 0.329 e. The van der Waals surface area contributed by atoms with Gasteiger partial charge in [-0.05, 0) is 87.5 Å². The third-order valence-corrected chi connectivity index (χ3v) is 13.8. The van der Waals surface area contributed by atoms with Crippen molar-refractivity contribution in [3.05, 3.63) is 57.8 Å². The molecule has 3 aromatic heterocycles. The number of aromatic nitrogens is 3. The minimum absolute atomic E-state index is 0.00585. The highest BCUT2D eigenvalue weighted by Gasteiger charge is 2.48. The van der Waals surface area contributed by atoms with Crippen LogP contribution in [0.25, 0.3) is 32.0 Å². The van der Waals surface area contributed by atoms with E-state index in [-0.39, 0.29) is 30.0 Å². The van der Waals surface area contributed by atoms with Crippen molar-refractivity contribution >= 4 is 78.3 Å². The first kappa shape index (κ1) is 33.6. The Morgan fingerprint density at radius 1 is 0.926 bits per heavy atom. The predicted molar refractivity (Wildman–Crippen MR) is 212 cm³/mol. The SMILES string of the molecule is C[C@@H]1CNc2c(sc3ccc4nc(N5CCC(CN6CCC7(C6)CN(c6ccc8c(c6)n(C)c(=O)n8C6CCC(=O)NC6=O)C7)CC5)ccc4c23)C(=O)N1. The van der Waals surface area contributed by atoms with Crippen molar-refractivity contribution in [1.29, 1.82) is 0 Å². The van der Waals surface area contributed by atoms with Crippen LogP contribution in [0.2, 0.25) is 0 Å². The van der Waals surface area contributed by atoms with Crippen molar-refractivity contribution in [2.24, 2.45) is 18.4 Å². The summed E-state index contributed by atoms with van der Waals surface area (Å²) in [6, 6.07) is 14.0. The van der Waals surface area contributed by atoms with Gasteiger partial charge in [0, 0.05) is 91.9 Å². The maximum absolute atomic E-state index is 13.2. The molecule has 0 bridgehead atoms. The molecule has 1 spiro atoms. The van der Waals surface area contributed by atoms with E-state index in [2.05, 4.69) is 67.0 Å². The first-order valence-electron chi connectivity index (χ1n) is 19.3. The third-order valence-electron chi connectivity index (χ3n) is 12.7. The zero-order valence-corrected chi connectivity index (χ0v) is 31.5. The van der Waals surface area contributed by atoms with E-state index in [0.29, 0.717) is 24.3 Å². The van der Waals surface area contributed by atoms with Crippen LogP contribution in [0.4, 0.5) is 17.2 Å². The highest BCUT2D eigenvalue weighted by Crippen LogP contribution is 2.44. The average molecular weight is 748 g/mol. The number of nitrogens with zero attached hydrogens (tertiary/aromatic N) is 6. The van der Waals surface area contributed by atoms with Crippen LogP contribution in [0.5, 0.6) is 0 Å². The maximum Gasteiger partial charge on any atom is 0.329 e. The van der Waals surface area contributed by atoms with Crippen molar-refractivity contribution < 1.29 is 14.4 Å². The second kappa shape index (κ2) is 12.6. The lowest BCUT2D eigenvalue weighted by Gasteiger charge is -2.49. The van der Waals surface area contributed by atoms with E-state index in [9.17, 15) is 19.2 Å². The molecule has 3 amide bonds. The number of fused-ring (bicyclic) bond motifs is 6. The van der Waals surface area contributed by atoms with E-state index in [1.807, 2.05) is 13.0 Å². The monoisotopic (exact) mass is 747 g/mol. The van der Waals surface area contributed by atoms with Gasteiger partial charge in [-0.2, -0.15) is 0 Å². The van der Waals surface area contributed by atoms with Gasteiger partial charge >= 0.3 is 5.69 Å². The zero-order chi connectivity index (χ0) is 36.9. The first-order valence-corrected chi connectivity index (χ1v) is 20.1. The number of nitrogens with one attached hydrogen (secondary N) is 3. The zero-order valence-electron chi connectivity index (χ0n) is 30.7. The van der Waals surface area contributed by atoms with Gasteiger partial charge in [0.1, 0.15) is 16.7 Å². The molecule has 0 saturated carbocycles. The fraction of sp³-hybridized carbons (Fsp3) is 0.475. The Hall–Kier alpha value is -4.95. The lowest BCUT2D eigenvalue weighted by atomic mass is 9.78. The predicted octanol–water partition coefficient (Wildman–Crippen LogP) is 4.05. The molecule has 8 heterocycles. The number of imide groups is 1. The van der Waals surface area contributed by atoms with Gasteiger partial charge in [-0.25, -0.2) is 9.78 Å². The standard InChI is InChI=1S/C40H45N9O4S/c1-23-18-41-35-34-26-4-9-32(43-27(26)5-8-31(34)54-36(35)38(52)42-23)47-14-11-24(12-15-47)19-46-16-13-40(20-46)21-48(22-40)25-3-6-28-30(17-25)45(2)39(53)49(28)29-7-10-33(50)44-37(29)51/h3-6,8-9,17,23-24,29,41H,7,10-16,18-22H2,1-2H3,(H,42,52)(H,44,50,51)/t23-,29?/m1/s1. The number of carbonyl (C=O) groups is 3. The Morgan fingerprint density at radius 2 is 1.76 bits per heavy atom. The van der Waals surface area contributed by atoms with Gasteiger partial charge in [0.25, 0.3) is 5.91 Å². The molecule has 280 valence electrons. The summed E-state index contributed by atoms with van der Waals surface area (Å²) in [6.07, 6.45) is 4.08. The molecule has 5 aliphatic rings. The van der Waals surface area contributed by atoms with Crippen molar-refractivity contribution in [3.63, 3.8) is 0 Å². The molecule has 3 N–H and O–H groups in total. The minimum atomic E-state index is -0.674.